The smallest absolute Gasteiger partial charge is 0.242 e. The molecule has 0 spiro atoms. The van der Waals surface area contributed by atoms with Gasteiger partial charge in [-0.25, -0.2) is 4.98 Å². The molecule has 0 aliphatic rings. The van der Waals surface area contributed by atoms with Gasteiger partial charge in [-0.2, -0.15) is 5.10 Å². The number of rotatable bonds is 9. The highest BCUT2D eigenvalue weighted by Gasteiger charge is 2.21. The number of nitrogens with one attached hydrogen (secondary N) is 3. The molecule has 9 heteroatoms. The lowest BCUT2D eigenvalue weighted by Crippen LogP contribution is -2.41. The fourth-order valence-electron chi connectivity index (χ4n) is 3.15. The number of benzene rings is 1. The molecule has 0 aliphatic carbocycles. The number of methoxy groups -OCH3 is 1. The molecule has 4 aromatic rings. The van der Waals surface area contributed by atoms with E-state index in [0.29, 0.717) is 24.5 Å². The minimum absolute atomic E-state index is 0.169. The van der Waals surface area contributed by atoms with Gasteiger partial charge in [-0.3, -0.25) is 14.9 Å². The molecule has 0 unspecified atom stereocenters. The first kappa shape index (κ1) is 20.7. The van der Waals surface area contributed by atoms with Crippen molar-refractivity contribution in [2.45, 2.75) is 19.0 Å². The number of nitrogens with zero attached hydrogens (tertiary/aromatic N) is 3. The van der Waals surface area contributed by atoms with Crippen LogP contribution in [0.1, 0.15) is 10.4 Å². The van der Waals surface area contributed by atoms with Gasteiger partial charge in [-0.05, 0) is 18.1 Å². The minimum Gasteiger partial charge on any atom is -0.480 e. The van der Waals surface area contributed by atoms with E-state index in [4.69, 9.17) is 4.74 Å². The highest BCUT2D eigenvalue weighted by atomic mass is 32.1. The number of H-pyrrole nitrogens is 1. The summed E-state index contributed by atoms with van der Waals surface area (Å²) in [5, 5.41) is 13.1. The van der Waals surface area contributed by atoms with Crippen molar-refractivity contribution in [2.24, 2.45) is 0 Å². The standard InChI is InChI=1S/C22H22N6O2S/c1-30-22-20(8-16(9-25-22)17-10-26-27-11-17)28-21(29)19(7-15-5-3-2-4-6-15)24-13-18-12-23-14-31-18/h2-6,8-12,14,19,24H,7,13H2,1H3,(H,26,27)(H,28,29)/t19-/m0/s1. The van der Waals surface area contributed by atoms with Crippen LogP contribution in [0, 0.1) is 0 Å². The molecule has 1 aromatic carbocycles. The maximum absolute atomic E-state index is 13.3. The molecular weight excluding hydrogens is 412 g/mol. The van der Waals surface area contributed by atoms with Gasteiger partial charge in [-0.1, -0.05) is 30.3 Å². The van der Waals surface area contributed by atoms with Crippen molar-refractivity contribution in [1.29, 1.82) is 0 Å². The van der Waals surface area contributed by atoms with Crippen LogP contribution in [0.25, 0.3) is 11.1 Å². The number of hydrogen-bond donors (Lipinski definition) is 3. The van der Waals surface area contributed by atoms with Crippen molar-refractivity contribution in [3.8, 4) is 17.0 Å². The lowest BCUT2D eigenvalue weighted by molar-refractivity contribution is -0.118. The Kier molecular flexibility index (Phi) is 6.65. The van der Waals surface area contributed by atoms with Crippen molar-refractivity contribution in [2.75, 3.05) is 12.4 Å². The molecule has 0 aliphatic heterocycles. The van der Waals surface area contributed by atoms with Gasteiger partial charge in [0.2, 0.25) is 11.8 Å². The fraction of sp³-hybridized carbons (Fsp3) is 0.182. The molecule has 1 atom stereocenters. The van der Waals surface area contributed by atoms with E-state index in [9.17, 15) is 4.79 Å². The van der Waals surface area contributed by atoms with E-state index < -0.39 is 6.04 Å². The summed E-state index contributed by atoms with van der Waals surface area (Å²) >= 11 is 1.55. The van der Waals surface area contributed by atoms with E-state index >= 15 is 0 Å². The Bertz CT molecular complexity index is 1100. The van der Waals surface area contributed by atoms with Crippen LogP contribution in [0.2, 0.25) is 0 Å². The Morgan fingerprint density at radius 1 is 1.19 bits per heavy atom. The third kappa shape index (κ3) is 5.33. The molecule has 8 nitrogen and oxygen atoms in total. The first-order valence-corrected chi connectivity index (χ1v) is 10.6. The van der Waals surface area contributed by atoms with Gasteiger partial charge in [0.1, 0.15) is 5.69 Å². The first-order valence-electron chi connectivity index (χ1n) is 9.71. The van der Waals surface area contributed by atoms with Crippen LogP contribution in [0.5, 0.6) is 5.88 Å². The minimum atomic E-state index is -0.452. The largest absolute Gasteiger partial charge is 0.480 e. The van der Waals surface area contributed by atoms with Gasteiger partial charge in [0.25, 0.3) is 0 Å². The number of pyridine rings is 1. The zero-order valence-electron chi connectivity index (χ0n) is 16.9. The van der Waals surface area contributed by atoms with Crippen LogP contribution in [-0.4, -0.2) is 39.2 Å². The molecule has 0 fully saturated rings. The van der Waals surface area contributed by atoms with E-state index in [1.807, 2.05) is 36.4 Å². The number of hydrogen-bond acceptors (Lipinski definition) is 7. The molecule has 0 saturated heterocycles. The Hall–Kier alpha value is -3.56. The highest BCUT2D eigenvalue weighted by Crippen LogP contribution is 2.28. The summed E-state index contributed by atoms with van der Waals surface area (Å²) in [5.74, 6) is 0.180. The Morgan fingerprint density at radius 3 is 2.77 bits per heavy atom. The maximum atomic E-state index is 13.3. The molecular formula is C22H22N6O2S. The molecule has 4 rings (SSSR count). The topological polar surface area (TPSA) is 105 Å². The lowest BCUT2D eigenvalue weighted by Gasteiger charge is -2.19. The predicted molar refractivity (Wildman–Crippen MR) is 120 cm³/mol. The average Bonchev–Trinajstić information content (AvgIpc) is 3.51. The van der Waals surface area contributed by atoms with E-state index in [0.717, 1.165) is 21.6 Å². The molecule has 0 saturated carbocycles. The van der Waals surface area contributed by atoms with Crippen molar-refractivity contribution in [3.63, 3.8) is 0 Å². The van der Waals surface area contributed by atoms with Crippen molar-refractivity contribution in [3.05, 3.63) is 77.1 Å². The quantitative estimate of drug-likeness (QED) is 0.373. The molecule has 3 N–H and O–H groups in total. The fourth-order valence-corrected chi connectivity index (χ4v) is 3.70. The van der Waals surface area contributed by atoms with Crippen LogP contribution in [0.4, 0.5) is 5.69 Å². The molecule has 3 heterocycles. The summed E-state index contributed by atoms with van der Waals surface area (Å²) in [4.78, 5) is 22.7. The third-order valence-electron chi connectivity index (χ3n) is 4.74. The SMILES string of the molecule is COc1ncc(-c2cn[nH]c2)cc1NC(=O)[C@H](Cc1ccccc1)NCc1cncs1. The number of aromatic nitrogens is 4. The van der Waals surface area contributed by atoms with Gasteiger partial charge in [0.15, 0.2) is 0 Å². The number of aromatic amines is 1. The summed E-state index contributed by atoms with van der Waals surface area (Å²) in [6, 6.07) is 11.3. The molecule has 1 amide bonds. The normalized spacial score (nSPS) is 11.8. The molecule has 3 aromatic heterocycles. The van der Waals surface area contributed by atoms with Crippen LogP contribution < -0.4 is 15.4 Å². The van der Waals surface area contributed by atoms with Crippen molar-refractivity contribution in [1.82, 2.24) is 25.5 Å². The molecule has 0 bridgehead atoms. The maximum Gasteiger partial charge on any atom is 0.242 e. The van der Waals surface area contributed by atoms with Crippen molar-refractivity contribution >= 4 is 22.9 Å². The second-order valence-corrected chi connectivity index (χ2v) is 7.82. The van der Waals surface area contributed by atoms with E-state index in [1.165, 1.54) is 7.11 Å². The number of carbonyl (C=O) groups excluding carboxylic acids is 1. The Labute approximate surface area is 183 Å². The average molecular weight is 435 g/mol. The monoisotopic (exact) mass is 434 g/mol. The third-order valence-corrected chi connectivity index (χ3v) is 5.52. The number of carbonyl (C=O) groups is 1. The molecule has 158 valence electrons. The summed E-state index contributed by atoms with van der Waals surface area (Å²) < 4.78 is 5.36. The highest BCUT2D eigenvalue weighted by molar-refractivity contribution is 7.09. The van der Waals surface area contributed by atoms with Crippen molar-refractivity contribution < 1.29 is 9.53 Å². The van der Waals surface area contributed by atoms with E-state index in [-0.39, 0.29) is 5.91 Å². The number of ether oxygens (including phenoxy) is 1. The Balaban J connectivity index is 1.55. The van der Waals surface area contributed by atoms with Gasteiger partial charge >= 0.3 is 0 Å². The lowest BCUT2D eigenvalue weighted by atomic mass is 10.0. The van der Waals surface area contributed by atoms with E-state index in [1.54, 1.807) is 41.6 Å². The summed E-state index contributed by atoms with van der Waals surface area (Å²) in [5.41, 5.74) is 5.04. The molecule has 31 heavy (non-hydrogen) atoms. The summed E-state index contributed by atoms with van der Waals surface area (Å²) in [7, 11) is 1.53. The van der Waals surface area contributed by atoms with Gasteiger partial charge in [-0.15, -0.1) is 11.3 Å². The first-order chi connectivity index (χ1) is 15.2. The van der Waals surface area contributed by atoms with E-state index in [2.05, 4.69) is 30.8 Å². The van der Waals surface area contributed by atoms with Crippen LogP contribution in [0.15, 0.2) is 66.7 Å². The molecule has 0 radical (unpaired) electrons. The summed E-state index contributed by atoms with van der Waals surface area (Å²) in [6.07, 6.45) is 7.50. The number of thiazole rings is 1. The van der Waals surface area contributed by atoms with Crippen LogP contribution in [-0.2, 0) is 17.8 Å². The predicted octanol–water partition coefficient (Wildman–Crippen LogP) is 3.28. The Morgan fingerprint density at radius 2 is 2.06 bits per heavy atom. The second kappa shape index (κ2) is 9.96. The number of anilines is 1. The van der Waals surface area contributed by atoms with Crippen LogP contribution in [0.3, 0.4) is 0 Å². The van der Waals surface area contributed by atoms with Gasteiger partial charge in [0, 0.05) is 41.1 Å². The summed E-state index contributed by atoms with van der Waals surface area (Å²) in [6.45, 7) is 0.556. The van der Waals surface area contributed by atoms with Gasteiger partial charge in [0.05, 0.1) is 24.9 Å². The number of amides is 1. The van der Waals surface area contributed by atoms with Gasteiger partial charge < -0.3 is 15.4 Å². The zero-order valence-corrected chi connectivity index (χ0v) is 17.7. The zero-order chi connectivity index (χ0) is 21.5. The van der Waals surface area contributed by atoms with Crippen LogP contribution >= 0.6 is 11.3 Å². The second-order valence-electron chi connectivity index (χ2n) is 6.85.